The molecular weight excluding hydrogens is 144 g/mol. The van der Waals surface area contributed by atoms with Crippen molar-refractivity contribution < 1.29 is 9.63 Å². The number of hydrogen-bond donors (Lipinski definition) is 0. The zero-order valence-electron chi connectivity index (χ0n) is 7.21. The quantitative estimate of drug-likeness (QED) is 0.552. The lowest BCUT2D eigenvalue weighted by Gasteiger charge is -2.26. The summed E-state index contributed by atoms with van der Waals surface area (Å²) >= 11 is 0. The molecule has 0 rings (SSSR count). The lowest BCUT2D eigenvalue weighted by molar-refractivity contribution is -0.196. The molecule has 0 bridgehead atoms. The van der Waals surface area contributed by atoms with E-state index >= 15 is 0 Å². The number of carbonyl (C=O) groups excluding carboxylic acids is 1. The molecule has 0 radical (unpaired) electrons. The summed E-state index contributed by atoms with van der Waals surface area (Å²) in [7, 11) is 1.55. The molecule has 11 heavy (non-hydrogen) atoms. The molecule has 0 unspecified atom stereocenters. The first-order valence-corrected chi connectivity index (χ1v) is 3.24. The zero-order valence-corrected chi connectivity index (χ0v) is 7.21. The van der Waals surface area contributed by atoms with E-state index in [0.717, 1.165) is 0 Å². The Morgan fingerprint density at radius 3 is 2.36 bits per heavy atom. The number of nitriles is 1. The van der Waals surface area contributed by atoms with E-state index in [9.17, 15) is 4.79 Å². The molecule has 0 aromatic carbocycles. The summed E-state index contributed by atoms with van der Waals surface area (Å²) in [6.45, 7) is 4.62. The smallest absolute Gasteiger partial charge is 0.322 e. The molecule has 0 heterocycles. The first-order chi connectivity index (χ1) is 4.90. The van der Waals surface area contributed by atoms with Gasteiger partial charge >= 0.3 is 5.97 Å². The van der Waals surface area contributed by atoms with Gasteiger partial charge in [-0.3, -0.25) is 4.79 Å². The summed E-state index contributed by atoms with van der Waals surface area (Å²) in [6, 6.07) is 2.00. The van der Waals surface area contributed by atoms with E-state index in [2.05, 4.69) is 4.84 Å². The van der Waals surface area contributed by atoms with E-state index in [1.165, 1.54) is 12.0 Å². The van der Waals surface area contributed by atoms with Gasteiger partial charge in [-0.05, 0) is 13.8 Å². The van der Waals surface area contributed by atoms with Crippen LogP contribution in [0.15, 0.2) is 0 Å². The third-order valence-electron chi connectivity index (χ3n) is 1.33. The van der Waals surface area contributed by atoms with E-state index in [0.29, 0.717) is 0 Å². The van der Waals surface area contributed by atoms with Crippen molar-refractivity contribution in [3.63, 3.8) is 0 Å². The van der Waals surface area contributed by atoms with Gasteiger partial charge in [0.05, 0.1) is 6.07 Å². The minimum Gasteiger partial charge on any atom is -0.367 e. The maximum Gasteiger partial charge on any atom is 0.322 e. The van der Waals surface area contributed by atoms with Crippen LogP contribution in [-0.2, 0) is 9.63 Å². The fourth-order valence-corrected chi connectivity index (χ4v) is 0.377. The SMILES string of the molecule is CC(=O)ON(C)C(C)(C)C#N. The lowest BCUT2D eigenvalue weighted by atomic mass is 10.1. The molecule has 0 fully saturated rings. The summed E-state index contributed by atoms with van der Waals surface area (Å²) in [4.78, 5) is 15.1. The summed E-state index contributed by atoms with van der Waals surface area (Å²) in [6.07, 6.45) is 0. The summed E-state index contributed by atoms with van der Waals surface area (Å²) in [5.41, 5.74) is -0.772. The first kappa shape index (κ1) is 9.92. The Kier molecular flexibility index (Phi) is 3.02. The van der Waals surface area contributed by atoms with E-state index in [1.54, 1.807) is 20.9 Å². The van der Waals surface area contributed by atoms with Crippen LogP contribution in [-0.4, -0.2) is 23.6 Å². The molecule has 4 heteroatoms. The van der Waals surface area contributed by atoms with E-state index in [-0.39, 0.29) is 0 Å². The molecule has 4 nitrogen and oxygen atoms in total. The van der Waals surface area contributed by atoms with Gasteiger partial charge in [0.2, 0.25) is 0 Å². The molecule has 0 saturated heterocycles. The average Bonchev–Trinajstić information content (AvgIpc) is 1.86. The van der Waals surface area contributed by atoms with E-state index < -0.39 is 11.5 Å². The highest BCUT2D eigenvalue weighted by molar-refractivity contribution is 5.65. The molecule has 0 aliphatic heterocycles. The van der Waals surface area contributed by atoms with Gasteiger partial charge in [0.15, 0.2) is 0 Å². The number of rotatable bonds is 2. The zero-order chi connectivity index (χ0) is 9.07. The molecule has 0 aliphatic rings. The van der Waals surface area contributed by atoms with Crippen LogP contribution in [0.25, 0.3) is 0 Å². The van der Waals surface area contributed by atoms with E-state index in [4.69, 9.17) is 5.26 Å². The second-order valence-corrected chi connectivity index (χ2v) is 2.75. The molecule has 0 N–H and O–H groups in total. The Balaban J connectivity index is 4.15. The molecule has 0 aromatic rings. The molecule has 62 valence electrons. The molecule has 0 spiro atoms. The summed E-state index contributed by atoms with van der Waals surface area (Å²) < 4.78 is 0. The van der Waals surface area contributed by atoms with Crippen molar-refractivity contribution in [2.45, 2.75) is 26.3 Å². The topological polar surface area (TPSA) is 53.3 Å². The summed E-state index contributed by atoms with van der Waals surface area (Å²) in [5, 5.41) is 9.83. The number of hydroxylamine groups is 2. The van der Waals surface area contributed by atoms with Gasteiger partial charge in [-0.2, -0.15) is 5.26 Å². The van der Waals surface area contributed by atoms with Gasteiger partial charge in [0.25, 0.3) is 0 Å². The molecule has 0 saturated carbocycles. The Bertz CT molecular complexity index is 193. The predicted molar refractivity (Wildman–Crippen MR) is 39.2 cm³/mol. The van der Waals surface area contributed by atoms with Gasteiger partial charge < -0.3 is 4.84 Å². The van der Waals surface area contributed by atoms with Gasteiger partial charge in [-0.1, -0.05) is 0 Å². The Morgan fingerprint density at radius 1 is 1.64 bits per heavy atom. The number of nitrogens with zero attached hydrogens (tertiary/aromatic N) is 2. The second-order valence-electron chi connectivity index (χ2n) is 2.75. The fourth-order valence-electron chi connectivity index (χ4n) is 0.377. The van der Waals surface area contributed by atoms with Crippen LogP contribution in [0.4, 0.5) is 0 Å². The highest BCUT2D eigenvalue weighted by Gasteiger charge is 2.25. The minimum atomic E-state index is -0.772. The van der Waals surface area contributed by atoms with Crippen LogP contribution in [0.2, 0.25) is 0 Å². The highest BCUT2D eigenvalue weighted by atomic mass is 16.7. The third kappa shape index (κ3) is 3.01. The van der Waals surface area contributed by atoms with Gasteiger partial charge in [0, 0.05) is 14.0 Å². The molecule has 0 aromatic heterocycles. The first-order valence-electron chi connectivity index (χ1n) is 3.24. The van der Waals surface area contributed by atoms with Gasteiger partial charge in [-0.25, -0.2) is 0 Å². The Morgan fingerprint density at radius 2 is 2.09 bits per heavy atom. The fraction of sp³-hybridized carbons (Fsp3) is 0.714. The number of hydrogen-bond acceptors (Lipinski definition) is 4. The maximum absolute atomic E-state index is 10.4. The largest absolute Gasteiger partial charge is 0.367 e. The van der Waals surface area contributed by atoms with Crippen LogP contribution in [0.1, 0.15) is 20.8 Å². The van der Waals surface area contributed by atoms with Gasteiger partial charge in [-0.15, -0.1) is 5.06 Å². The van der Waals surface area contributed by atoms with Crippen molar-refractivity contribution in [2.24, 2.45) is 0 Å². The van der Waals surface area contributed by atoms with Crippen LogP contribution in [0, 0.1) is 11.3 Å². The predicted octanol–water partition coefficient (Wildman–Crippen LogP) is 0.698. The molecule has 0 aliphatic carbocycles. The van der Waals surface area contributed by atoms with Crippen molar-refractivity contribution in [2.75, 3.05) is 7.05 Å². The van der Waals surface area contributed by atoms with Crippen LogP contribution in [0.3, 0.4) is 0 Å². The van der Waals surface area contributed by atoms with E-state index in [1.807, 2.05) is 6.07 Å². The van der Waals surface area contributed by atoms with Crippen LogP contribution >= 0.6 is 0 Å². The monoisotopic (exact) mass is 156 g/mol. The molecule has 0 atom stereocenters. The molecular formula is C7H12N2O2. The molecule has 0 amide bonds. The maximum atomic E-state index is 10.4. The Hall–Kier alpha value is -1.08. The van der Waals surface area contributed by atoms with Gasteiger partial charge in [0.1, 0.15) is 5.54 Å². The normalized spacial score (nSPS) is 10.9. The third-order valence-corrected chi connectivity index (χ3v) is 1.33. The van der Waals surface area contributed by atoms with Crippen molar-refractivity contribution in [3.8, 4) is 6.07 Å². The van der Waals surface area contributed by atoms with Crippen molar-refractivity contribution in [1.29, 1.82) is 5.26 Å². The number of carbonyl (C=O) groups is 1. The summed E-state index contributed by atoms with van der Waals surface area (Å²) in [5.74, 6) is -0.421. The van der Waals surface area contributed by atoms with Crippen LogP contribution < -0.4 is 0 Å². The standard InChI is InChI=1S/C7H12N2O2/c1-6(10)11-9(4)7(2,3)5-8/h1-4H3. The highest BCUT2D eigenvalue weighted by Crippen LogP contribution is 2.10. The van der Waals surface area contributed by atoms with Crippen molar-refractivity contribution in [3.05, 3.63) is 0 Å². The second kappa shape index (κ2) is 3.35. The van der Waals surface area contributed by atoms with Crippen LogP contribution in [0.5, 0.6) is 0 Å². The average molecular weight is 156 g/mol. The Labute approximate surface area is 66.3 Å². The van der Waals surface area contributed by atoms with Crippen molar-refractivity contribution >= 4 is 5.97 Å². The van der Waals surface area contributed by atoms with Crippen molar-refractivity contribution in [1.82, 2.24) is 5.06 Å². The lowest BCUT2D eigenvalue weighted by Crippen LogP contribution is -2.40. The minimum absolute atomic E-state index is 0.421.